The first-order valence-corrected chi connectivity index (χ1v) is 5.08. The van der Waals surface area contributed by atoms with Gasteiger partial charge in [0.25, 0.3) is 5.91 Å². The molecule has 0 spiro atoms. The minimum Gasteiger partial charge on any atom is -0.391 e. The van der Waals surface area contributed by atoms with E-state index in [0.29, 0.717) is 5.69 Å². The van der Waals surface area contributed by atoms with Crippen LogP contribution in [0.25, 0.3) is 0 Å². The molecule has 1 amide bonds. The summed E-state index contributed by atoms with van der Waals surface area (Å²) in [6, 6.07) is 8.83. The summed E-state index contributed by atoms with van der Waals surface area (Å²) >= 11 is 1.56. The van der Waals surface area contributed by atoms with Crippen LogP contribution < -0.4 is 11.5 Å². The molecule has 2 rings (SSSR count). The van der Waals surface area contributed by atoms with Gasteiger partial charge in [0.2, 0.25) is 0 Å². The number of carbonyl (C=O) groups excluding carboxylic acids is 1. The van der Waals surface area contributed by atoms with Gasteiger partial charge in [-0.3, -0.25) is 9.78 Å². The van der Waals surface area contributed by atoms with E-state index < -0.39 is 5.91 Å². The SMILES string of the molecule is NC(=O)c1ccccn1.Nc1cccs1. The average Bonchev–Trinajstić information content (AvgIpc) is 2.71. The Hall–Kier alpha value is -1.88. The Balaban J connectivity index is 0.000000162. The van der Waals surface area contributed by atoms with Crippen molar-refractivity contribution in [3.05, 3.63) is 47.6 Å². The summed E-state index contributed by atoms with van der Waals surface area (Å²) < 4.78 is 0. The van der Waals surface area contributed by atoms with Crippen LogP contribution in [0.15, 0.2) is 41.9 Å². The minimum absolute atomic E-state index is 0.303. The van der Waals surface area contributed by atoms with Gasteiger partial charge in [0.1, 0.15) is 5.69 Å². The molecule has 0 aliphatic rings. The van der Waals surface area contributed by atoms with Gasteiger partial charge < -0.3 is 11.5 Å². The number of primary amides is 1. The lowest BCUT2D eigenvalue weighted by Crippen LogP contribution is -2.12. The van der Waals surface area contributed by atoms with E-state index in [1.165, 1.54) is 6.20 Å². The lowest BCUT2D eigenvalue weighted by Gasteiger charge is -1.88. The van der Waals surface area contributed by atoms with Crippen molar-refractivity contribution in [2.75, 3.05) is 5.73 Å². The second-order valence-electron chi connectivity index (χ2n) is 2.59. The van der Waals surface area contributed by atoms with Gasteiger partial charge in [-0.05, 0) is 29.6 Å². The fourth-order valence-electron chi connectivity index (χ4n) is 0.800. The highest BCUT2D eigenvalue weighted by molar-refractivity contribution is 7.13. The van der Waals surface area contributed by atoms with Crippen molar-refractivity contribution in [3.8, 4) is 0 Å². The first kappa shape index (κ1) is 11.2. The molecule has 0 fully saturated rings. The summed E-state index contributed by atoms with van der Waals surface area (Å²) in [4.78, 5) is 14.1. The molecular weight excluding hydrogens is 210 g/mol. The fraction of sp³-hybridized carbons (Fsp3) is 0. The Bertz CT molecular complexity index is 400. The number of pyridine rings is 1. The van der Waals surface area contributed by atoms with Crippen LogP contribution in [-0.4, -0.2) is 10.9 Å². The van der Waals surface area contributed by atoms with E-state index in [-0.39, 0.29) is 0 Å². The number of rotatable bonds is 1. The van der Waals surface area contributed by atoms with Gasteiger partial charge in [-0.2, -0.15) is 0 Å². The number of anilines is 1. The van der Waals surface area contributed by atoms with Gasteiger partial charge in [0.05, 0.1) is 5.00 Å². The van der Waals surface area contributed by atoms with Crippen LogP contribution in [0.1, 0.15) is 10.5 Å². The third-order valence-electron chi connectivity index (χ3n) is 1.46. The van der Waals surface area contributed by atoms with Crippen LogP contribution in [0.3, 0.4) is 0 Å². The van der Waals surface area contributed by atoms with E-state index in [0.717, 1.165) is 5.00 Å². The molecule has 78 valence electrons. The standard InChI is InChI=1S/C6H6N2O.C4H5NS/c7-6(9)5-3-1-2-4-8-5;5-4-2-1-3-6-4/h1-4H,(H2,7,9);1-3H,5H2. The normalized spacial score (nSPS) is 8.80. The Labute approximate surface area is 91.6 Å². The van der Waals surface area contributed by atoms with Gasteiger partial charge >= 0.3 is 0 Å². The topological polar surface area (TPSA) is 82.0 Å². The predicted molar refractivity (Wildman–Crippen MR) is 61.5 cm³/mol. The summed E-state index contributed by atoms with van der Waals surface area (Å²) in [5, 5.41) is 2.84. The van der Waals surface area contributed by atoms with Crippen LogP contribution in [0, 0.1) is 0 Å². The molecule has 0 aromatic carbocycles. The number of nitrogens with zero attached hydrogens (tertiary/aromatic N) is 1. The Morgan fingerprint density at radius 3 is 2.33 bits per heavy atom. The molecule has 0 saturated carbocycles. The van der Waals surface area contributed by atoms with Crippen molar-refractivity contribution in [3.63, 3.8) is 0 Å². The predicted octanol–water partition coefficient (Wildman–Crippen LogP) is 1.51. The lowest BCUT2D eigenvalue weighted by atomic mass is 10.3. The molecule has 0 unspecified atom stereocenters. The van der Waals surface area contributed by atoms with Gasteiger partial charge in [-0.15, -0.1) is 11.3 Å². The van der Waals surface area contributed by atoms with Crippen molar-refractivity contribution in [1.29, 1.82) is 0 Å². The smallest absolute Gasteiger partial charge is 0.267 e. The van der Waals surface area contributed by atoms with Crippen LogP contribution in [-0.2, 0) is 0 Å². The molecule has 0 aliphatic heterocycles. The number of thiophene rings is 1. The second kappa shape index (κ2) is 5.77. The van der Waals surface area contributed by atoms with E-state index in [4.69, 9.17) is 11.5 Å². The van der Waals surface area contributed by atoms with Gasteiger partial charge in [-0.1, -0.05) is 6.07 Å². The van der Waals surface area contributed by atoms with E-state index >= 15 is 0 Å². The van der Waals surface area contributed by atoms with Gasteiger partial charge in [-0.25, -0.2) is 0 Å². The number of amides is 1. The summed E-state index contributed by atoms with van der Waals surface area (Å²) in [6.07, 6.45) is 1.53. The molecule has 2 aromatic rings. The number of hydrogen-bond acceptors (Lipinski definition) is 4. The summed E-state index contributed by atoms with van der Waals surface area (Å²) in [5.74, 6) is -0.490. The molecule has 2 aromatic heterocycles. The Morgan fingerprint density at radius 1 is 1.27 bits per heavy atom. The molecule has 0 atom stereocenters. The van der Waals surface area contributed by atoms with E-state index in [2.05, 4.69) is 4.98 Å². The Kier molecular flexibility index (Phi) is 4.30. The molecule has 4 N–H and O–H groups in total. The average molecular weight is 221 g/mol. The number of nitrogen functional groups attached to an aromatic ring is 1. The highest BCUT2D eigenvalue weighted by Crippen LogP contribution is 2.07. The second-order valence-corrected chi connectivity index (χ2v) is 3.57. The van der Waals surface area contributed by atoms with Gasteiger partial charge in [0.15, 0.2) is 0 Å². The van der Waals surface area contributed by atoms with E-state index in [1.807, 2.05) is 17.5 Å². The minimum atomic E-state index is -0.490. The van der Waals surface area contributed by atoms with Crippen molar-refractivity contribution in [1.82, 2.24) is 4.98 Å². The van der Waals surface area contributed by atoms with Crippen LogP contribution in [0.4, 0.5) is 5.00 Å². The largest absolute Gasteiger partial charge is 0.391 e. The lowest BCUT2D eigenvalue weighted by molar-refractivity contribution is 0.0995. The summed E-state index contributed by atoms with van der Waals surface area (Å²) in [7, 11) is 0. The number of carbonyl (C=O) groups is 1. The third-order valence-corrected chi connectivity index (χ3v) is 2.16. The highest BCUT2D eigenvalue weighted by atomic mass is 32.1. The van der Waals surface area contributed by atoms with E-state index in [9.17, 15) is 4.79 Å². The zero-order valence-electron chi connectivity index (χ0n) is 7.96. The van der Waals surface area contributed by atoms with Gasteiger partial charge in [0, 0.05) is 6.20 Å². The fourth-order valence-corrected chi connectivity index (χ4v) is 1.27. The first-order chi connectivity index (χ1) is 7.20. The maximum absolute atomic E-state index is 10.4. The van der Waals surface area contributed by atoms with Crippen molar-refractivity contribution in [2.45, 2.75) is 0 Å². The van der Waals surface area contributed by atoms with Crippen LogP contribution in [0.5, 0.6) is 0 Å². The maximum Gasteiger partial charge on any atom is 0.267 e. The number of hydrogen-bond donors (Lipinski definition) is 2. The zero-order valence-corrected chi connectivity index (χ0v) is 8.78. The third kappa shape index (κ3) is 4.24. The number of aromatic nitrogens is 1. The molecule has 0 bridgehead atoms. The molecule has 5 heteroatoms. The van der Waals surface area contributed by atoms with Crippen LogP contribution in [0.2, 0.25) is 0 Å². The Morgan fingerprint density at radius 2 is 2.07 bits per heavy atom. The summed E-state index contributed by atoms with van der Waals surface area (Å²) in [6.45, 7) is 0. The molecule has 2 heterocycles. The molecule has 15 heavy (non-hydrogen) atoms. The zero-order chi connectivity index (χ0) is 11.1. The molecule has 0 radical (unpaired) electrons. The monoisotopic (exact) mass is 221 g/mol. The van der Waals surface area contributed by atoms with Crippen molar-refractivity contribution >= 4 is 22.2 Å². The van der Waals surface area contributed by atoms with E-state index in [1.54, 1.807) is 29.5 Å². The first-order valence-electron chi connectivity index (χ1n) is 4.20. The van der Waals surface area contributed by atoms with Crippen molar-refractivity contribution < 1.29 is 4.79 Å². The molecule has 0 saturated heterocycles. The molecule has 0 aliphatic carbocycles. The van der Waals surface area contributed by atoms with Crippen molar-refractivity contribution in [2.24, 2.45) is 5.73 Å². The molecular formula is C10H11N3OS. The highest BCUT2D eigenvalue weighted by Gasteiger charge is 1.95. The quantitative estimate of drug-likeness (QED) is 0.765. The van der Waals surface area contributed by atoms with Crippen LogP contribution >= 0.6 is 11.3 Å². The molecule has 4 nitrogen and oxygen atoms in total. The number of nitrogens with two attached hydrogens (primary N) is 2. The maximum atomic E-state index is 10.4. The summed E-state index contributed by atoms with van der Waals surface area (Å²) in [5.41, 5.74) is 10.5.